The molecule has 0 N–H and O–H groups in total. The van der Waals surface area contributed by atoms with Crippen molar-refractivity contribution in [3.63, 3.8) is 0 Å². The highest BCUT2D eigenvalue weighted by atomic mass is 19.1. The van der Waals surface area contributed by atoms with Crippen LogP contribution in [0.4, 0.5) is 4.39 Å². The van der Waals surface area contributed by atoms with Gasteiger partial charge in [0, 0.05) is 19.1 Å². The largest absolute Gasteiger partial charge is 0.336 e. The third kappa shape index (κ3) is 2.61. The Labute approximate surface area is 112 Å². The molecular weight excluding hydrogens is 245 g/mol. The fourth-order valence-corrected chi connectivity index (χ4v) is 3.02. The first-order valence-electron chi connectivity index (χ1n) is 6.90. The summed E-state index contributed by atoms with van der Waals surface area (Å²) >= 11 is 0. The van der Waals surface area contributed by atoms with E-state index in [1.807, 2.05) is 0 Å². The van der Waals surface area contributed by atoms with Crippen molar-refractivity contribution < 1.29 is 9.18 Å². The summed E-state index contributed by atoms with van der Waals surface area (Å²) in [6.45, 7) is 3.78. The Bertz CT molecular complexity index is 474. The van der Waals surface area contributed by atoms with E-state index in [4.69, 9.17) is 0 Å². The molecule has 0 aliphatic carbocycles. The molecular formula is C14H18FN3O. The minimum Gasteiger partial charge on any atom is -0.336 e. The molecule has 3 heterocycles. The highest BCUT2D eigenvalue weighted by Crippen LogP contribution is 2.21. The fourth-order valence-electron chi connectivity index (χ4n) is 3.02. The van der Waals surface area contributed by atoms with E-state index in [2.05, 4.69) is 9.88 Å². The molecule has 0 bridgehead atoms. The van der Waals surface area contributed by atoms with Gasteiger partial charge in [-0.2, -0.15) is 4.39 Å². The minimum atomic E-state index is -0.596. The number of nitrogens with zero attached hydrogens (tertiary/aromatic N) is 3. The minimum absolute atomic E-state index is 0.152. The molecule has 1 unspecified atom stereocenters. The van der Waals surface area contributed by atoms with Crippen LogP contribution in [0.3, 0.4) is 0 Å². The Balaban J connectivity index is 1.65. The van der Waals surface area contributed by atoms with Crippen molar-refractivity contribution >= 4 is 5.91 Å². The SMILES string of the molecule is O=C(c1cccc(F)n1)N1CCC(N2CCCC2)C1. The quantitative estimate of drug-likeness (QED) is 0.759. The molecule has 19 heavy (non-hydrogen) atoms. The lowest BCUT2D eigenvalue weighted by atomic mass is 10.2. The van der Waals surface area contributed by atoms with E-state index < -0.39 is 5.95 Å². The summed E-state index contributed by atoms with van der Waals surface area (Å²) < 4.78 is 13.0. The lowest BCUT2D eigenvalue weighted by molar-refractivity contribution is 0.0773. The Morgan fingerprint density at radius 2 is 2.05 bits per heavy atom. The molecule has 2 saturated heterocycles. The summed E-state index contributed by atoms with van der Waals surface area (Å²) in [6, 6.07) is 4.84. The summed E-state index contributed by atoms with van der Waals surface area (Å²) in [4.78, 5) is 20.2. The molecule has 0 aromatic carbocycles. The predicted molar refractivity (Wildman–Crippen MR) is 69.3 cm³/mol. The van der Waals surface area contributed by atoms with Crippen molar-refractivity contribution in [2.75, 3.05) is 26.2 Å². The molecule has 0 spiro atoms. The van der Waals surface area contributed by atoms with Crippen LogP contribution in [-0.4, -0.2) is 52.9 Å². The van der Waals surface area contributed by atoms with Crippen LogP contribution in [0.5, 0.6) is 0 Å². The summed E-state index contributed by atoms with van der Waals surface area (Å²) in [6.07, 6.45) is 3.53. The number of hydrogen-bond donors (Lipinski definition) is 0. The van der Waals surface area contributed by atoms with Crippen LogP contribution in [0.1, 0.15) is 29.8 Å². The second kappa shape index (κ2) is 5.25. The first kappa shape index (κ1) is 12.5. The highest BCUT2D eigenvalue weighted by Gasteiger charge is 2.32. The molecule has 0 radical (unpaired) electrons. The monoisotopic (exact) mass is 263 g/mol. The zero-order valence-electron chi connectivity index (χ0n) is 10.9. The Hall–Kier alpha value is -1.49. The zero-order chi connectivity index (χ0) is 13.2. The van der Waals surface area contributed by atoms with Gasteiger partial charge in [-0.05, 0) is 44.5 Å². The van der Waals surface area contributed by atoms with Crippen LogP contribution in [0.2, 0.25) is 0 Å². The topological polar surface area (TPSA) is 36.4 Å². The second-order valence-electron chi connectivity index (χ2n) is 5.28. The number of carbonyl (C=O) groups excluding carboxylic acids is 1. The first-order chi connectivity index (χ1) is 9.24. The summed E-state index contributed by atoms with van der Waals surface area (Å²) in [7, 11) is 0. The Morgan fingerprint density at radius 1 is 1.26 bits per heavy atom. The summed E-state index contributed by atoms with van der Waals surface area (Å²) in [5.41, 5.74) is 0.210. The number of hydrogen-bond acceptors (Lipinski definition) is 3. The Morgan fingerprint density at radius 3 is 2.79 bits per heavy atom. The zero-order valence-corrected chi connectivity index (χ0v) is 10.9. The van der Waals surface area contributed by atoms with E-state index in [0.717, 1.165) is 32.6 Å². The molecule has 5 heteroatoms. The first-order valence-corrected chi connectivity index (χ1v) is 6.90. The van der Waals surface area contributed by atoms with Crippen LogP contribution < -0.4 is 0 Å². The molecule has 1 amide bonds. The van der Waals surface area contributed by atoms with Crippen LogP contribution in [0.25, 0.3) is 0 Å². The van der Waals surface area contributed by atoms with Gasteiger partial charge < -0.3 is 4.90 Å². The van der Waals surface area contributed by atoms with E-state index in [9.17, 15) is 9.18 Å². The van der Waals surface area contributed by atoms with Gasteiger partial charge in [-0.1, -0.05) is 6.07 Å². The molecule has 2 fully saturated rings. The molecule has 4 nitrogen and oxygen atoms in total. The average molecular weight is 263 g/mol. The molecule has 1 aromatic heterocycles. The third-order valence-corrected chi connectivity index (χ3v) is 4.04. The third-order valence-electron chi connectivity index (χ3n) is 4.04. The van der Waals surface area contributed by atoms with Gasteiger partial charge in [0.25, 0.3) is 5.91 Å². The molecule has 3 rings (SSSR count). The highest BCUT2D eigenvalue weighted by molar-refractivity contribution is 5.92. The van der Waals surface area contributed by atoms with Gasteiger partial charge in [-0.15, -0.1) is 0 Å². The van der Waals surface area contributed by atoms with E-state index >= 15 is 0 Å². The maximum Gasteiger partial charge on any atom is 0.272 e. The van der Waals surface area contributed by atoms with Crippen LogP contribution in [0.15, 0.2) is 18.2 Å². The van der Waals surface area contributed by atoms with Crippen molar-refractivity contribution in [3.8, 4) is 0 Å². The molecule has 0 saturated carbocycles. The van der Waals surface area contributed by atoms with Gasteiger partial charge in [0.2, 0.25) is 5.95 Å². The number of amides is 1. The molecule has 102 valence electrons. The maximum absolute atomic E-state index is 13.0. The smallest absolute Gasteiger partial charge is 0.272 e. The predicted octanol–water partition coefficient (Wildman–Crippen LogP) is 1.53. The van der Waals surface area contributed by atoms with Crippen molar-refractivity contribution in [1.29, 1.82) is 0 Å². The molecule has 1 atom stereocenters. The van der Waals surface area contributed by atoms with Crippen molar-refractivity contribution in [2.24, 2.45) is 0 Å². The van der Waals surface area contributed by atoms with Gasteiger partial charge in [-0.3, -0.25) is 9.69 Å². The normalized spacial score (nSPS) is 24.1. The van der Waals surface area contributed by atoms with Gasteiger partial charge in [0.1, 0.15) is 5.69 Å². The van der Waals surface area contributed by atoms with Crippen LogP contribution in [0, 0.1) is 5.95 Å². The van der Waals surface area contributed by atoms with Crippen molar-refractivity contribution in [2.45, 2.75) is 25.3 Å². The van der Waals surface area contributed by atoms with Crippen LogP contribution >= 0.6 is 0 Å². The molecule has 2 aliphatic heterocycles. The number of aromatic nitrogens is 1. The Kier molecular flexibility index (Phi) is 3.46. The van der Waals surface area contributed by atoms with E-state index in [0.29, 0.717) is 6.04 Å². The van der Waals surface area contributed by atoms with Gasteiger partial charge >= 0.3 is 0 Å². The standard InChI is InChI=1S/C14H18FN3O/c15-13-5-3-4-12(16-13)14(19)18-9-6-11(10-18)17-7-1-2-8-17/h3-5,11H,1-2,6-10H2. The number of halogens is 1. The van der Waals surface area contributed by atoms with Crippen molar-refractivity contribution in [1.82, 2.24) is 14.8 Å². The van der Waals surface area contributed by atoms with Crippen molar-refractivity contribution in [3.05, 3.63) is 29.8 Å². The fraction of sp³-hybridized carbons (Fsp3) is 0.571. The van der Waals surface area contributed by atoms with Gasteiger partial charge in [0.15, 0.2) is 0 Å². The lowest BCUT2D eigenvalue weighted by Gasteiger charge is -2.23. The van der Waals surface area contributed by atoms with E-state index in [1.54, 1.807) is 11.0 Å². The number of rotatable bonds is 2. The van der Waals surface area contributed by atoms with Crippen LogP contribution in [-0.2, 0) is 0 Å². The number of carbonyl (C=O) groups is 1. The average Bonchev–Trinajstić information content (AvgIpc) is 3.08. The molecule has 2 aliphatic rings. The molecule has 1 aromatic rings. The number of pyridine rings is 1. The van der Waals surface area contributed by atoms with E-state index in [1.165, 1.54) is 25.0 Å². The summed E-state index contributed by atoms with van der Waals surface area (Å²) in [5.74, 6) is -0.748. The maximum atomic E-state index is 13.0. The summed E-state index contributed by atoms with van der Waals surface area (Å²) in [5, 5.41) is 0. The van der Waals surface area contributed by atoms with Gasteiger partial charge in [-0.25, -0.2) is 4.98 Å². The second-order valence-corrected chi connectivity index (χ2v) is 5.28. The van der Waals surface area contributed by atoms with Gasteiger partial charge in [0.05, 0.1) is 0 Å². The van der Waals surface area contributed by atoms with E-state index in [-0.39, 0.29) is 11.6 Å². The lowest BCUT2D eigenvalue weighted by Crippen LogP contribution is -2.37. The number of likely N-dealkylation sites (tertiary alicyclic amines) is 2.